The molecule has 0 aliphatic carbocycles. The number of halogens is 1. The SMILES string of the molecule is C.CC#N.CC(C)(C#N)c1cc(-c2cnc(N)c(-c3cc(-c4ccc(CNC5CCOCC5)cc4)no3)n2)ccn1.CC(C)(C#N)c1cc(-c2cnc(N)c(-c3cc(-c4ccc(CNC5CCOCC5)cc4)no3)n2)ccn1.Cl. The predicted molar refractivity (Wildman–Crippen MR) is 305 cm³/mol. The van der Waals surface area contributed by atoms with Gasteiger partial charge in [0.15, 0.2) is 34.5 Å². The molecule has 0 amide bonds. The summed E-state index contributed by atoms with van der Waals surface area (Å²) >= 11 is 0. The van der Waals surface area contributed by atoms with Crippen molar-refractivity contribution < 1.29 is 18.5 Å². The second-order valence-electron chi connectivity index (χ2n) is 19.6. The molecule has 2 aliphatic rings. The lowest BCUT2D eigenvalue weighted by Crippen LogP contribution is -2.34. The van der Waals surface area contributed by atoms with Gasteiger partial charge >= 0.3 is 0 Å². The molecule has 6 N–H and O–H groups in total. The van der Waals surface area contributed by atoms with Crippen LogP contribution in [-0.2, 0) is 33.4 Å². The van der Waals surface area contributed by atoms with Gasteiger partial charge in [0.25, 0.3) is 0 Å². The highest BCUT2D eigenvalue weighted by atomic mass is 35.5. The van der Waals surface area contributed by atoms with Crippen LogP contribution in [0.15, 0.2) is 119 Å². The summed E-state index contributed by atoms with van der Waals surface area (Å²) in [6.07, 6.45) is 10.7. The van der Waals surface area contributed by atoms with E-state index in [4.69, 9.17) is 45.2 Å². The zero-order valence-electron chi connectivity index (χ0n) is 44.2. The number of nitrogens with zero attached hydrogens (tertiary/aromatic N) is 11. The average molecular weight is 1080 g/mol. The first-order chi connectivity index (χ1) is 37.3. The first kappa shape index (κ1) is 59.8. The zero-order valence-corrected chi connectivity index (χ0v) is 45.0. The third-order valence-electron chi connectivity index (χ3n) is 13.2. The highest BCUT2D eigenvalue weighted by Crippen LogP contribution is 2.33. The Balaban J connectivity index is 0.000000237. The number of nitrogens with two attached hydrogens (primary N) is 2. The monoisotopic (exact) mass is 1080 g/mol. The van der Waals surface area contributed by atoms with Crippen molar-refractivity contribution in [3.05, 3.63) is 132 Å². The van der Waals surface area contributed by atoms with Gasteiger partial charge in [-0.1, -0.05) is 66.3 Å². The van der Waals surface area contributed by atoms with Gasteiger partial charge in [0.05, 0.1) is 64.2 Å². The molecule has 2 fully saturated rings. The van der Waals surface area contributed by atoms with Crippen LogP contribution in [0.4, 0.5) is 11.6 Å². The molecule has 6 aromatic heterocycles. The summed E-state index contributed by atoms with van der Waals surface area (Å²) in [5.41, 5.74) is 21.4. The number of nitrogen functional groups attached to an aromatic ring is 2. The Morgan fingerprint density at radius 2 is 0.911 bits per heavy atom. The van der Waals surface area contributed by atoms with Gasteiger partial charge in [-0.05, 0) is 88.8 Å². The van der Waals surface area contributed by atoms with Gasteiger partial charge in [-0.25, -0.2) is 19.9 Å². The van der Waals surface area contributed by atoms with Crippen LogP contribution in [-0.4, -0.2) is 78.7 Å². The van der Waals surface area contributed by atoms with Crippen molar-refractivity contribution in [1.82, 2.24) is 50.9 Å². The van der Waals surface area contributed by atoms with Crippen molar-refractivity contribution in [1.29, 1.82) is 15.8 Å². The highest BCUT2D eigenvalue weighted by Gasteiger charge is 2.25. The van der Waals surface area contributed by atoms with Gasteiger partial charge < -0.3 is 40.6 Å². The number of aromatic nitrogens is 8. The molecule has 0 bridgehead atoms. The molecule has 408 valence electrons. The molecule has 20 heteroatoms. The summed E-state index contributed by atoms with van der Waals surface area (Å²) < 4.78 is 22.1. The summed E-state index contributed by atoms with van der Waals surface area (Å²) in [6, 6.07) is 34.8. The zero-order chi connectivity index (χ0) is 54.4. The van der Waals surface area contributed by atoms with Crippen molar-refractivity contribution in [3.8, 4) is 86.1 Å². The van der Waals surface area contributed by atoms with Crippen molar-refractivity contribution in [3.63, 3.8) is 0 Å². The quantitative estimate of drug-likeness (QED) is 0.0787. The molecule has 0 radical (unpaired) electrons. The third kappa shape index (κ3) is 15.4. The fourth-order valence-electron chi connectivity index (χ4n) is 8.38. The molecular formula is C59H66ClN15O4. The number of rotatable bonds is 14. The normalized spacial score (nSPS) is 13.6. The average Bonchev–Trinajstić information content (AvgIpc) is 4.19. The van der Waals surface area contributed by atoms with Crippen LogP contribution in [0.3, 0.4) is 0 Å². The molecule has 79 heavy (non-hydrogen) atoms. The van der Waals surface area contributed by atoms with Crippen LogP contribution >= 0.6 is 12.4 Å². The summed E-state index contributed by atoms with van der Waals surface area (Å²) in [6.45, 7) is 13.7. The Kier molecular flexibility index (Phi) is 21.0. The van der Waals surface area contributed by atoms with E-state index in [-0.39, 0.29) is 31.5 Å². The topological polar surface area (TPSA) is 295 Å². The van der Waals surface area contributed by atoms with E-state index in [0.29, 0.717) is 69.2 Å². The van der Waals surface area contributed by atoms with Crippen LogP contribution in [0.25, 0.3) is 67.9 Å². The minimum absolute atomic E-state index is 0. The van der Waals surface area contributed by atoms with E-state index >= 15 is 0 Å². The molecule has 2 aliphatic heterocycles. The van der Waals surface area contributed by atoms with Crippen molar-refractivity contribution in [2.24, 2.45) is 0 Å². The van der Waals surface area contributed by atoms with Gasteiger partial charge in [0, 0.05) is 105 Å². The number of nitrogens with one attached hydrogen (secondary N) is 2. The lowest BCUT2D eigenvalue weighted by atomic mass is 9.90. The Bertz CT molecular complexity index is 3170. The first-order valence-corrected chi connectivity index (χ1v) is 25.3. The summed E-state index contributed by atoms with van der Waals surface area (Å²) in [7, 11) is 0. The number of pyridine rings is 2. The second-order valence-corrected chi connectivity index (χ2v) is 19.6. The molecule has 19 nitrogen and oxygen atoms in total. The smallest absolute Gasteiger partial charge is 0.189 e. The van der Waals surface area contributed by atoms with Crippen molar-refractivity contribution in [2.75, 3.05) is 37.9 Å². The van der Waals surface area contributed by atoms with Crippen LogP contribution in [0.1, 0.15) is 90.2 Å². The summed E-state index contributed by atoms with van der Waals surface area (Å²) in [4.78, 5) is 26.8. The fourth-order valence-corrected chi connectivity index (χ4v) is 8.38. The molecule has 0 unspecified atom stereocenters. The largest absolute Gasteiger partial charge is 0.382 e. The highest BCUT2D eigenvalue weighted by molar-refractivity contribution is 5.85. The minimum Gasteiger partial charge on any atom is -0.382 e. The molecule has 2 aromatic carbocycles. The van der Waals surface area contributed by atoms with E-state index in [2.05, 4.69) is 77.3 Å². The Hall–Kier alpha value is -8.48. The molecule has 0 atom stereocenters. The van der Waals surface area contributed by atoms with Gasteiger partial charge in [0.1, 0.15) is 11.4 Å². The number of benzene rings is 2. The Morgan fingerprint density at radius 1 is 0.544 bits per heavy atom. The van der Waals surface area contributed by atoms with Gasteiger partial charge in [-0.3, -0.25) is 9.97 Å². The number of hydrogen-bond acceptors (Lipinski definition) is 19. The number of ether oxygens (including phenoxy) is 2. The first-order valence-electron chi connectivity index (χ1n) is 25.3. The lowest BCUT2D eigenvalue weighted by molar-refractivity contribution is 0.0775. The van der Waals surface area contributed by atoms with E-state index in [1.165, 1.54) is 18.1 Å². The number of anilines is 2. The van der Waals surface area contributed by atoms with Gasteiger partial charge in [-0.15, -0.1) is 12.4 Å². The van der Waals surface area contributed by atoms with Crippen LogP contribution < -0.4 is 22.1 Å². The Morgan fingerprint density at radius 3 is 1.27 bits per heavy atom. The third-order valence-corrected chi connectivity index (χ3v) is 13.2. The van der Waals surface area contributed by atoms with E-state index in [1.54, 1.807) is 30.9 Å². The minimum atomic E-state index is -0.726. The lowest BCUT2D eigenvalue weighted by Gasteiger charge is -2.23. The van der Waals surface area contributed by atoms with Crippen LogP contribution in [0.2, 0.25) is 0 Å². The van der Waals surface area contributed by atoms with E-state index in [9.17, 15) is 10.5 Å². The van der Waals surface area contributed by atoms with Gasteiger partial charge in [0.2, 0.25) is 0 Å². The molecule has 8 aromatic rings. The maximum Gasteiger partial charge on any atom is 0.189 e. The van der Waals surface area contributed by atoms with Crippen LogP contribution in [0, 0.1) is 34.0 Å². The van der Waals surface area contributed by atoms with Crippen LogP contribution in [0.5, 0.6) is 0 Å². The van der Waals surface area contributed by atoms with Crippen molar-refractivity contribution in [2.45, 2.75) is 104 Å². The maximum absolute atomic E-state index is 9.47. The molecule has 0 spiro atoms. The molecule has 8 heterocycles. The predicted octanol–water partition coefficient (Wildman–Crippen LogP) is 10.6. The number of nitriles is 3. The van der Waals surface area contributed by atoms with E-state index < -0.39 is 10.8 Å². The van der Waals surface area contributed by atoms with Crippen molar-refractivity contribution >= 4 is 24.0 Å². The molecule has 0 saturated carbocycles. The van der Waals surface area contributed by atoms with E-state index in [1.807, 2.05) is 88.4 Å². The van der Waals surface area contributed by atoms with Gasteiger partial charge in [-0.2, -0.15) is 15.8 Å². The number of hydrogen-bond donors (Lipinski definition) is 4. The van der Waals surface area contributed by atoms with E-state index in [0.717, 1.165) is 87.5 Å². The Labute approximate surface area is 467 Å². The molecule has 2 saturated heterocycles. The second kappa shape index (κ2) is 27.7. The fraction of sp³-hybridized carbons (Fsp3) is 0.339. The standard InChI is InChI=1S/2C28H29N7O2.C2H3N.CH4.ClH/c2*1-28(2,17-29)25-13-20(7-10-31-25)23-16-33-27(30)26(34-23)24-14-22(35-37-24)19-5-3-18(4-6-19)15-32-21-8-11-36-12-9-21;1-2-3;;/h2*3-7,10,13-14,16,21,32H,8-9,11-12,15H2,1-2H3,(H2,30,33);1H3;1H4;1H. The molecule has 10 rings (SSSR count). The molecular weight excluding hydrogens is 1020 g/mol. The maximum atomic E-state index is 9.47. The summed E-state index contributed by atoms with van der Waals surface area (Å²) in [5, 5.41) is 41.9. The summed E-state index contributed by atoms with van der Waals surface area (Å²) in [5.74, 6) is 1.35.